The molecular formula is C14H18O2S. The first-order chi connectivity index (χ1) is 8.28. The van der Waals surface area contributed by atoms with E-state index in [1.807, 2.05) is 23.9 Å². The number of carbonyl (C=O) groups is 1. The average Bonchev–Trinajstić information content (AvgIpc) is 2.37. The molecule has 0 N–H and O–H groups in total. The molecule has 3 heteroatoms. The van der Waals surface area contributed by atoms with Crippen molar-refractivity contribution in [1.82, 2.24) is 0 Å². The molecule has 1 atom stereocenters. The van der Waals surface area contributed by atoms with Crippen LogP contribution in [0.4, 0.5) is 0 Å². The molecule has 0 spiro atoms. The smallest absolute Gasteiger partial charge is 0.134 e. The van der Waals surface area contributed by atoms with Gasteiger partial charge in [-0.15, -0.1) is 0 Å². The molecule has 1 aliphatic rings. The van der Waals surface area contributed by atoms with Gasteiger partial charge >= 0.3 is 0 Å². The summed E-state index contributed by atoms with van der Waals surface area (Å²) >= 11 is 1.91. The standard InChI is InChI=1S/C14H18O2S/c1-16-13-7-5-11(6-8-13)10-17-14-4-2-3-12(15)9-14/h5-8,14H,2-4,9-10H2,1H3. The highest BCUT2D eigenvalue weighted by atomic mass is 32.2. The Balaban J connectivity index is 1.82. The SMILES string of the molecule is COc1ccc(CSC2CCCC(=O)C2)cc1. The lowest BCUT2D eigenvalue weighted by molar-refractivity contribution is -0.120. The summed E-state index contributed by atoms with van der Waals surface area (Å²) in [5, 5.41) is 0.526. The summed E-state index contributed by atoms with van der Waals surface area (Å²) in [5.74, 6) is 2.32. The monoisotopic (exact) mass is 250 g/mol. The summed E-state index contributed by atoms with van der Waals surface area (Å²) in [6.45, 7) is 0. The van der Waals surface area contributed by atoms with E-state index in [-0.39, 0.29) is 0 Å². The summed E-state index contributed by atoms with van der Waals surface area (Å²) in [6, 6.07) is 8.16. The number of ether oxygens (including phenoxy) is 1. The van der Waals surface area contributed by atoms with Crippen molar-refractivity contribution < 1.29 is 9.53 Å². The second-order valence-corrected chi connectivity index (χ2v) is 5.70. The molecule has 1 fully saturated rings. The van der Waals surface area contributed by atoms with E-state index in [4.69, 9.17) is 4.74 Å². The minimum Gasteiger partial charge on any atom is -0.497 e. The number of rotatable bonds is 4. The van der Waals surface area contributed by atoms with Crippen LogP contribution in [0.1, 0.15) is 31.2 Å². The predicted molar refractivity (Wildman–Crippen MR) is 71.6 cm³/mol. The van der Waals surface area contributed by atoms with E-state index in [9.17, 15) is 4.79 Å². The van der Waals surface area contributed by atoms with Gasteiger partial charge in [0.1, 0.15) is 11.5 Å². The number of carbonyl (C=O) groups excluding carboxylic acids is 1. The highest BCUT2D eigenvalue weighted by Crippen LogP contribution is 2.29. The topological polar surface area (TPSA) is 26.3 Å². The minimum atomic E-state index is 0.434. The van der Waals surface area contributed by atoms with Crippen molar-refractivity contribution in [3.63, 3.8) is 0 Å². The van der Waals surface area contributed by atoms with Gasteiger partial charge in [0.2, 0.25) is 0 Å². The van der Waals surface area contributed by atoms with Crippen molar-refractivity contribution >= 4 is 17.5 Å². The van der Waals surface area contributed by atoms with Gasteiger partial charge in [0, 0.05) is 23.8 Å². The molecule has 2 rings (SSSR count). The maximum Gasteiger partial charge on any atom is 0.134 e. The van der Waals surface area contributed by atoms with Crippen LogP contribution in [0, 0.1) is 0 Å². The molecule has 1 aliphatic carbocycles. The molecule has 1 saturated carbocycles. The molecule has 1 aromatic rings. The third-order valence-electron chi connectivity index (χ3n) is 3.08. The highest BCUT2D eigenvalue weighted by Gasteiger charge is 2.19. The molecular weight excluding hydrogens is 232 g/mol. The fraction of sp³-hybridized carbons (Fsp3) is 0.500. The lowest BCUT2D eigenvalue weighted by atomic mass is 9.99. The number of Topliss-reactive ketones (excluding diaryl/α,β-unsaturated/α-hetero) is 1. The number of ketones is 1. The number of thioether (sulfide) groups is 1. The first-order valence-corrected chi connectivity index (χ1v) is 7.09. The molecule has 1 unspecified atom stereocenters. The van der Waals surface area contributed by atoms with Crippen molar-refractivity contribution in [1.29, 1.82) is 0 Å². The van der Waals surface area contributed by atoms with Crippen molar-refractivity contribution in [2.75, 3.05) is 7.11 Å². The van der Waals surface area contributed by atoms with Gasteiger partial charge in [0.25, 0.3) is 0 Å². The van der Waals surface area contributed by atoms with Crippen LogP contribution in [0.2, 0.25) is 0 Å². The first-order valence-electron chi connectivity index (χ1n) is 6.04. The zero-order valence-corrected chi connectivity index (χ0v) is 11.0. The van der Waals surface area contributed by atoms with Crippen LogP contribution in [0.25, 0.3) is 0 Å². The Kier molecular flexibility index (Phi) is 4.49. The van der Waals surface area contributed by atoms with E-state index in [0.29, 0.717) is 11.0 Å². The molecule has 0 aromatic heterocycles. The van der Waals surface area contributed by atoms with E-state index in [1.54, 1.807) is 7.11 Å². The second-order valence-electron chi connectivity index (χ2n) is 4.42. The summed E-state index contributed by atoms with van der Waals surface area (Å²) < 4.78 is 5.13. The van der Waals surface area contributed by atoms with Crippen LogP contribution < -0.4 is 4.74 Å². The van der Waals surface area contributed by atoms with Crippen LogP contribution in [0.5, 0.6) is 5.75 Å². The third-order valence-corrected chi connectivity index (χ3v) is 4.46. The van der Waals surface area contributed by atoms with Crippen LogP contribution >= 0.6 is 11.8 Å². The summed E-state index contributed by atoms with van der Waals surface area (Å²) in [4.78, 5) is 11.3. The van der Waals surface area contributed by atoms with Crippen LogP contribution in [-0.4, -0.2) is 18.1 Å². The highest BCUT2D eigenvalue weighted by molar-refractivity contribution is 7.99. The quantitative estimate of drug-likeness (QED) is 0.819. The van der Waals surface area contributed by atoms with Gasteiger partial charge in [-0.2, -0.15) is 11.8 Å². The Labute approximate surface area is 107 Å². The summed E-state index contributed by atoms with van der Waals surface area (Å²) in [5.41, 5.74) is 1.30. The van der Waals surface area contributed by atoms with Gasteiger partial charge < -0.3 is 4.74 Å². The normalized spacial score (nSPS) is 20.3. The van der Waals surface area contributed by atoms with Gasteiger partial charge in [-0.25, -0.2) is 0 Å². The summed E-state index contributed by atoms with van der Waals surface area (Å²) in [7, 11) is 1.68. The molecule has 92 valence electrons. The molecule has 0 radical (unpaired) electrons. The molecule has 2 nitrogen and oxygen atoms in total. The molecule has 0 saturated heterocycles. The van der Waals surface area contributed by atoms with Gasteiger partial charge in [0.05, 0.1) is 7.11 Å². The third kappa shape index (κ3) is 3.77. The molecule has 17 heavy (non-hydrogen) atoms. The maximum atomic E-state index is 11.3. The lowest BCUT2D eigenvalue weighted by Crippen LogP contribution is -2.16. The van der Waals surface area contributed by atoms with E-state index >= 15 is 0 Å². The van der Waals surface area contributed by atoms with E-state index in [0.717, 1.165) is 30.8 Å². The van der Waals surface area contributed by atoms with Crippen molar-refractivity contribution in [3.8, 4) is 5.75 Å². The summed E-state index contributed by atoms with van der Waals surface area (Å²) in [6.07, 6.45) is 3.81. The molecule has 1 aromatic carbocycles. The Morgan fingerprint density at radius 1 is 1.35 bits per heavy atom. The number of hydrogen-bond acceptors (Lipinski definition) is 3. The predicted octanol–water partition coefficient (Wildman–Crippen LogP) is 3.44. The van der Waals surface area contributed by atoms with E-state index in [2.05, 4.69) is 12.1 Å². The fourth-order valence-corrected chi connectivity index (χ4v) is 3.32. The van der Waals surface area contributed by atoms with E-state index < -0.39 is 0 Å². The van der Waals surface area contributed by atoms with Crippen molar-refractivity contribution in [2.24, 2.45) is 0 Å². The van der Waals surface area contributed by atoms with Gasteiger partial charge in [-0.05, 0) is 30.5 Å². The van der Waals surface area contributed by atoms with Crippen molar-refractivity contribution in [3.05, 3.63) is 29.8 Å². The molecule has 0 heterocycles. The maximum absolute atomic E-state index is 11.3. The Morgan fingerprint density at radius 2 is 2.12 bits per heavy atom. The van der Waals surface area contributed by atoms with Gasteiger partial charge in [-0.3, -0.25) is 4.79 Å². The molecule has 0 aliphatic heterocycles. The number of hydrogen-bond donors (Lipinski definition) is 0. The zero-order valence-electron chi connectivity index (χ0n) is 10.1. The largest absolute Gasteiger partial charge is 0.497 e. The minimum absolute atomic E-state index is 0.434. The Hall–Kier alpha value is -0.960. The first kappa shape index (κ1) is 12.5. The van der Waals surface area contributed by atoms with Crippen molar-refractivity contribution in [2.45, 2.75) is 36.7 Å². The zero-order chi connectivity index (χ0) is 12.1. The fourth-order valence-electron chi connectivity index (χ4n) is 2.06. The second kappa shape index (κ2) is 6.10. The van der Waals surface area contributed by atoms with E-state index in [1.165, 1.54) is 12.0 Å². The molecule has 0 bridgehead atoms. The Morgan fingerprint density at radius 3 is 2.76 bits per heavy atom. The van der Waals surface area contributed by atoms with Crippen LogP contribution in [0.15, 0.2) is 24.3 Å². The number of methoxy groups -OCH3 is 1. The molecule has 0 amide bonds. The van der Waals surface area contributed by atoms with Gasteiger partial charge in [-0.1, -0.05) is 12.1 Å². The van der Waals surface area contributed by atoms with Gasteiger partial charge in [0.15, 0.2) is 0 Å². The van der Waals surface area contributed by atoms with Crippen LogP contribution in [0.3, 0.4) is 0 Å². The Bertz CT molecular complexity index is 372. The number of benzene rings is 1. The van der Waals surface area contributed by atoms with Crippen LogP contribution in [-0.2, 0) is 10.5 Å². The lowest BCUT2D eigenvalue weighted by Gasteiger charge is -2.20. The average molecular weight is 250 g/mol.